The third-order valence-corrected chi connectivity index (χ3v) is 7.88. The van der Waals surface area contributed by atoms with Crippen LogP contribution in [0.3, 0.4) is 0 Å². The van der Waals surface area contributed by atoms with E-state index in [1.807, 2.05) is 59.5 Å². The van der Waals surface area contributed by atoms with E-state index in [2.05, 4.69) is 22.1 Å². The zero-order valence-electron chi connectivity index (χ0n) is 23.1. The van der Waals surface area contributed by atoms with Crippen molar-refractivity contribution >= 4 is 34.2 Å². The van der Waals surface area contributed by atoms with Crippen LogP contribution in [-0.4, -0.2) is 59.3 Å². The standard InChI is InChI=1S/C32H35Cl2N3O4/c1-38-30-6-3-2-5-25(30)22-39-17-4-18-40-26-10-8-24(9-11-26)27-13-16-37(32(33)34)20-31(27)41-21-23-7-12-28-29(19-23)36-15-14-35-28/h2-3,5-12,14-15,19,27,31-32H,4,13,16-18,20-22H2,1H3. The third kappa shape index (κ3) is 8.09. The molecule has 0 saturated carbocycles. The number of benzene rings is 3. The smallest absolute Gasteiger partial charge is 0.160 e. The Balaban J connectivity index is 1.13. The molecule has 3 aromatic carbocycles. The SMILES string of the molecule is COc1ccccc1COCCCOc1ccc(C2CCN(C(Cl)Cl)CC2OCc2ccc3nccnc3c2)cc1. The fourth-order valence-electron chi connectivity index (χ4n) is 5.14. The lowest BCUT2D eigenvalue weighted by atomic mass is 9.87. The first-order valence-electron chi connectivity index (χ1n) is 13.9. The number of piperidine rings is 1. The first kappa shape index (κ1) is 29.5. The minimum atomic E-state index is -0.563. The number of likely N-dealkylation sites (tertiary alicyclic amines) is 1. The van der Waals surface area contributed by atoms with Gasteiger partial charge in [-0.2, -0.15) is 0 Å². The molecule has 0 N–H and O–H groups in total. The Kier molecular flexibility index (Phi) is 10.7. The van der Waals surface area contributed by atoms with Crippen molar-refractivity contribution in [2.45, 2.75) is 43.0 Å². The van der Waals surface area contributed by atoms with Crippen LogP contribution >= 0.6 is 23.2 Å². The third-order valence-electron chi connectivity index (χ3n) is 7.32. The zero-order chi connectivity index (χ0) is 28.4. The van der Waals surface area contributed by atoms with Gasteiger partial charge in [0.1, 0.15) is 11.5 Å². The van der Waals surface area contributed by atoms with Crippen molar-refractivity contribution in [2.75, 3.05) is 33.4 Å². The highest BCUT2D eigenvalue weighted by molar-refractivity contribution is 6.43. The fourth-order valence-corrected chi connectivity index (χ4v) is 5.49. The molecule has 2 unspecified atom stereocenters. The van der Waals surface area contributed by atoms with E-state index in [0.29, 0.717) is 33.0 Å². The second-order valence-corrected chi connectivity index (χ2v) is 11.1. The minimum absolute atomic E-state index is 0.0616. The number of para-hydroxylation sites is 1. The second-order valence-electron chi connectivity index (χ2n) is 10.0. The summed E-state index contributed by atoms with van der Waals surface area (Å²) in [7, 11) is 1.67. The number of alkyl halides is 2. The van der Waals surface area contributed by atoms with Crippen LogP contribution in [0, 0.1) is 0 Å². The van der Waals surface area contributed by atoms with E-state index < -0.39 is 4.96 Å². The first-order valence-corrected chi connectivity index (χ1v) is 14.7. The van der Waals surface area contributed by atoms with Crippen LogP contribution in [0.25, 0.3) is 11.0 Å². The number of hydrogen-bond donors (Lipinski definition) is 0. The summed E-state index contributed by atoms with van der Waals surface area (Å²) >= 11 is 12.5. The van der Waals surface area contributed by atoms with E-state index in [9.17, 15) is 0 Å². The molecule has 1 aliphatic heterocycles. The normalized spacial score (nSPS) is 17.7. The van der Waals surface area contributed by atoms with Gasteiger partial charge < -0.3 is 18.9 Å². The van der Waals surface area contributed by atoms with Crippen molar-refractivity contribution < 1.29 is 18.9 Å². The second kappa shape index (κ2) is 14.8. The lowest BCUT2D eigenvalue weighted by Gasteiger charge is -2.39. The summed E-state index contributed by atoms with van der Waals surface area (Å²) in [5.74, 6) is 1.90. The Labute approximate surface area is 251 Å². The van der Waals surface area contributed by atoms with Gasteiger partial charge in [-0.1, -0.05) is 59.6 Å². The van der Waals surface area contributed by atoms with Crippen LogP contribution in [0.2, 0.25) is 0 Å². The molecule has 5 rings (SSSR count). The lowest BCUT2D eigenvalue weighted by Crippen LogP contribution is -2.45. The summed E-state index contributed by atoms with van der Waals surface area (Å²) in [4.78, 5) is 10.2. The number of aromatic nitrogens is 2. The van der Waals surface area contributed by atoms with Crippen molar-refractivity contribution in [3.8, 4) is 11.5 Å². The number of rotatable bonds is 13. The first-order chi connectivity index (χ1) is 20.1. The molecule has 0 amide bonds. The van der Waals surface area contributed by atoms with Crippen LogP contribution in [0.5, 0.6) is 11.5 Å². The van der Waals surface area contributed by atoms with Crippen molar-refractivity contribution in [1.29, 1.82) is 0 Å². The summed E-state index contributed by atoms with van der Waals surface area (Å²) < 4.78 is 23.6. The molecule has 216 valence electrons. The summed E-state index contributed by atoms with van der Waals surface area (Å²) in [6.45, 7) is 3.64. The van der Waals surface area contributed by atoms with Gasteiger partial charge in [0.15, 0.2) is 4.96 Å². The van der Waals surface area contributed by atoms with E-state index in [1.54, 1.807) is 19.5 Å². The average Bonchev–Trinajstić information content (AvgIpc) is 3.02. The van der Waals surface area contributed by atoms with Gasteiger partial charge in [0, 0.05) is 43.4 Å². The quantitative estimate of drug-likeness (QED) is 0.0960. The molecule has 0 bridgehead atoms. The maximum absolute atomic E-state index is 6.48. The molecule has 1 fully saturated rings. The molecule has 9 heteroatoms. The Morgan fingerprint density at radius 1 is 0.927 bits per heavy atom. The fraction of sp³-hybridized carbons (Fsp3) is 0.375. The molecule has 7 nitrogen and oxygen atoms in total. The van der Waals surface area contributed by atoms with Crippen molar-refractivity contribution in [3.63, 3.8) is 0 Å². The van der Waals surface area contributed by atoms with Gasteiger partial charge in [-0.25, -0.2) is 0 Å². The summed E-state index contributed by atoms with van der Waals surface area (Å²) in [6, 6.07) is 22.3. The predicted octanol–water partition coefficient (Wildman–Crippen LogP) is 6.76. The molecule has 41 heavy (non-hydrogen) atoms. The Morgan fingerprint density at radius 2 is 1.73 bits per heavy atom. The lowest BCUT2D eigenvalue weighted by molar-refractivity contribution is -0.0226. The van der Waals surface area contributed by atoms with Gasteiger partial charge in [0.05, 0.1) is 50.7 Å². The highest BCUT2D eigenvalue weighted by Crippen LogP contribution is 2.34. The number of fused-ring (bicyclic) bond motifs is 1. The van der Waals surface area contributed by atoms with E-state index in [4.69, 9.17) is 42.1 Å². The van der Waals surface area contributed by atoms with Gasteiger partial charge in [-0.15, -0.1) is 0 Å². The molecule has 2 atom stereocenters. The zero-order valence-corrected chi connectivity index (χ0v) is 24.6. The maximum Gasteiger partial charge on any atom is 0.160 e. The highest BCUT2D eigenvalue weighted by atomic mass is 35.5. The molecular formula is C32H35Cl2N3O4. The van der Waals surface area contributed by atoms with Crippen LogP contribution in [0.4, 0.5) is 0 Å². The minimum Gasteiger partial charge on any atom is -0.496 e. The molecule has 1 saturated heterocycles. The average molecular weight is 597 g/mol. The van der Waals surface area contributed by atoms with Gasteiger partial charge in [-0.3, -0.25) is 14.9 Å². The molecule has 1 aromatic heterocycles. The Hall–Kier alpha value is -2.94. The monoisotopic (exact) mass is 595 g/mol. The Morgan fingerprint density at radius 3 is 2.54 bits per heavy atom. The molecule has 0 spiro atoms. The van der Waals surface area contributed by atoms with E-state index >= 15 is 0 Å². The number of methoxy groups -OCH3 is 1. The molecule has 2 heterocycles. The van der Waals surface area contributed by atoms with Crippen molar-refractivity contribution in [1.82, 2.24) is 14.9 Å². The molecule has 1 aliphatic rings. The summed E-state index contributed by atoms with van der Waals surface area (Å²) in [5.41, 5.74) is 5.03. The number of nitrogens with zero attached hydrogens (tertiary/aromatic N) is 3. The maximum atomic E-state index is 6.48. The van der Waals surface area contributed by atoms with Crippen LogP contribution in [-0.2, 0) is 22.7 Å². The van der Waals surface area contributed by atoms with Crippen LogP contribution < -0.4 is 9.47 Å². The summed E-state index contributed by atoms with van der Waals surface area (Å²) in [5, 5.41) is 0. The molecule has 0 radical (unpaired) electrons. The number of ether oxygens (including phenoxy) is 4. The van der Waals surface area contributed by atoms with Gasteiger partial charge in [-0.05, 0) is 47.9 Å². The Bertz CT molecular complexity index is 1390. The van der Waals surface area contributed by atoms with E-state index in [-0.39, 0.29) is 12.0 Å². The number of halogens is 2. The van der Waals surface area contributed by atoms with Gasteiger partial charge in [0.2, 0.25) is 0 Å². The largest absolute Gasteiger partial charge is 0.496 e. The van der Waals surface area contributed by atoms with Crippen LogP contribution in [0.15, 0.2) is 79.1 Å². The van der Waals surface area contributed by atoms with E-state index in [0.717, 1.165) is 53.0 Å². The number of hydrogen-bond acceptors (Lipinski definition) is 7. The molecule has 4 aromatic rings. The van der Waals surface area contributed by atoms with Gasteiger partial charge >= 0.3 is 0 Å². The van der Waals surface area contributed by atoms with E-state index in [1.165, 1.54) is 5.56 Å². The highest BCUT2D eigenvalue weighted by Gasteiger charge is 2.33. The molecule has 0 aliphatic carbocycles. The summed E-state index contributed by atoms with van der Waals surface area (Å²) in [6.07, 6.45) is 5.03. The topological polar surface area (TPSA) is 65.9 Å². The molecular weight excluding hydrogens is 561 g/mol. The predicted molar refractivity (Wildman–Crippen MR) is 162 cm³/mol. The van der Waals surface area contributed by atoms with Crippen molar-refractivity contribution in [2.24, 2.45) is 0 Å². The van der Waals surface area contributed by atoms with Crippen LogP contribution in [0.1, 0.15) is 35.4 Å². The van der Waals surface area contributed by atoms with Gasteiger partial charge in [0.25, 0.3) is 0 Å². The van der Waals surface area contributed by atoms with Crippen molar-refractivity contribution in [3.05, 3.63) is 95.8 Å².